The summed E-state index contributed by atoms with van der Waals surface area (Å²) in [5, 5.41) is 2.89. The van der Waals surface area contributed by atoms with Crippen molar-refractivity contribution in [2.45, 2.75) is 27.2 Å². The summed E-state index contributed by atoms with van der Waals surface area (Å²) < 4.78 is 15.1. The van der Waals surface area contributed by atoms with Crippen LogP contribution in [0.5, 0.6) is 0 Å². The third-order valence-electron chi connectivity index (χ3n) is 4.30. The lowest BCUT2D eigenvalue weighted by molar-refractivity contribution is -0.140. The molecule has 8 nitrogen and oxygen atoms in total. The van der Waals surface area contributed by atoms with Crippen LogP contribution in [0.1, 0.15) is 25.8 Å². The number of methoxy groups -OCH3 is 2. The summed E-state index contributed by atoms with van der Waals surface area (Å²) in [5.41, 5.74) is 2.11. The van der Waals surface area contributed by atoms with E-state index < -0.39 is 11.9 Å². The van der Waals surface area contributed by atoms with Gasteiger partial charge in [-0.2, -0.15) is 0 Å². The summed E-state index contributed by atoms with van der Waals surface area (Å²) in [6.45, 7) is 5.75. The zero-order valence-corrected chi connectivity index (χ0v) is 16.8. The van der Waals surface area contributed by atoms with Gasteiger partial charge in [-0.15, -0.1) is 0 Å². The number of carbonyl (C=O) groups is 3. The highest BCUT2D eigenvalue weighted by Crippen LogP contribution is 2.32. The fourth-order valence-electron chi connectivity index (χ4n) is 2.96. The number of nitrogens with zero attached hydrogens (tertiary/aromatic N) is 1. The maximum Gasteiger partial charge on any atom is 0.355 e. The molecule has 0 radical (unpaired) electrons. The van der Waals surface area contributed by atoms with E-state index in [1.165, 1.54) is 14.2 Å². The Bertz CT molecular complexity index is 800. The Balaban J connectivity index is 2.47. The molecule has 0 aromatic heterocycles. The van der Waals surface area contributed by atoms with Gasteiger partial charge in [0.1, 0.15) is 12.4 Å². The molecule has 152 valence electrons. The van der Waals surface area contributed by atoms with E-state index >= 15 is 0 Å². The minimum atomic E-state index is -0.669. The molecule has 28 heavy (non-hydrogen) atoms. The molecular weight excluding hydrogens is 364 g/mol. The summed E-state index contributed by atoms with van der Waals surface area (Å²) in [4.78, 5) is 38.3. The van der Waals surface area contributed by atoms with E-state index in [0.29, 0.717) is 17.8 Å². The van der Waals surface area contributed by atoms with Gasteiger partial charge in [0.15, 0.2) is 0 Å². The van der Waals surface area contributed by atoms with E-state index in [9.17, 15) is 14.4 Å². The second kappa shape index (κ2) is 9.36. The van der Waals surface area contributed by atoms with E-state index in [-0.39, 0.29) is 36.4 Å². The fraction of sp³-hybridized carbons (Fsp3) is 0.450. The highest BCUT2D eigenvalue weighted by molar-refractivity contribution is 6.04. The van der Waals surface area contributed by atoms with Crippen LogP contribution in [-0.2, 0) is 28.6 Å². The molecule has 1 aromatic rings. The van der Waals surface area contributed by atoms with Crippen LogP contribution in [0.2, 0.25) is 0 Å². The molecule has 0 saturated carbocycles. The second-order valence-electron chi connectivity index (χ2n) is 6.81. The SMILES string of the molecule is COC(=O)C1=C(C(=O)OC)N(c2cccc(NC(=O)CC(C)C)c2C)COC1. The molecule has 1 N–H and O–H groups in total. The largest absolute Gasteiger partial charge is 0.466 e. The van der Waals surface area contributed by atoms with Gasteiger partial charge in [0.25, 0.3) is 0 Å². The van der Waals surface area contributed by atoms with Gasteiger partial charge in [0.05, 0.1) is 26.4 Å². The first-order valence-electron chi connectivity index (χ1n) is 8.94. The summed E-state index contributed by atoms with van der Waals surface area (Å²) in [6.07, 6.45) is 0.399. The molecule has 0 spiro atoms. The zero-order valence-electron chi connectivity index (χ0n) is 16.8. The monoisotopic (exact) mass is 390 g/mol. The van der Waals surface area contributed by atoms with Crippen LogP contribution in [0.15, 0.2) is 29.5 Å². The highest BCUT2D eigenvalue weighted by Gasteiger charge is 2.33. The van der Waals surface area contributed by atoms with E-state index in [4.69, 9.17) is 14.2 Å². The number of esters is 2. The van der Waals surface area contributed by atoms with Gasteiger partial charge >= 0.3 is 11.9 Å². The number of amides is 1. The third-order valence-corrected chi connectivity index (χ3v) is 4.30. The molecule has 1 amide bonds. The van der Waals surface area contributed by atoms with Gasteiger partial charge in [0.2, 0.25) is 5.91 Å². The summed E-state index contributed by atoms with van der Waals surface area (Å²) in [6, 6.07) is 5.32. The predicted molar refractivity (Wildman–Crippen MR) is 104 cm³/mol. The standard InChI is InChI=1S/C20H26N2O6/c1-12(2)9-17(23)21-15-7-6-8-16(13(15)3)22-11-28-10-14(19(24)26-4)18(22)20(25)27-5/h6-8,12H,9-11H2,1-5H3,(H,21,23). The smallest absolute Gasteiger partial charge is 0.355 e. The van der Waals surface area contributed by atoms with Crippen LogP contribution in [0.4, 0.5) is 11.4 Å². The van der Waals surface area contributed by atoms with Gasteiger partial charge in [0, 0.05) is 17.8 Å². The summed E-state index contributed by atoms with van der Waals surface area (Å²) in [5.74, 6) is -1.19. The molecule has 1 aliphatic rings. The number of rotatable bonds is 6. The minimum absolute atomic E-state index is 0.0508. The molecule has 0 fully saturated rings. The molecule has 8 heteroatoms. The van der Waals surface area contributed by atoms with Crippen LogP contribution in [0.25, 0.3) is 0 Å². The lowest BCUT2D eigenvalue weighted by Gasteiger charge is -2.32. The molecular formula is C20H26N2O6. The van der Waals surface area contributed by atoms with Crippen molar-refractivity contribution in [2.75, 3.05) is 37.8 Å². The second-order valence-corrected chi connectivity index (χ2v) is 6.81. The number of hydrogen-bond donors (Lipinski definition) is 1. The Kier molecular flexibility index (Phi) is 7.17. The van der Waals surface area contributed by atoms with Crippen LogP contribution in [-0.4, -0.2) is 45.4 Å². The van der Waals surface area contributed by atoms with Crippen molar-refractivity contribution in [1.82, 2.24) is 0 Å². The maximum absolute atomic E-state index is 12.4. The van der Waals surface area contributed by atoms with E-state index in [0.717, 1.165) is 5.56 Å². The van der Waals surface area contributed by atoms with E-state index in [1.54, 1.807) is 23.1 Å². The van der Waals surface area contributed by atoms with Crippen molar-refractivity contribution in [3.8, 4) is 0 Å². The number of carbonyl (C=O) groups excluding carboxylic acids is 3. The Morgan fingerprint density at radius 2 is 1.86 bits per heavy atom. The quantitative estimate of drug-likeness (QED) is 0.745. The predicted octanol–water partition coefficient (Wildman–Crippen LogP) is 2.37. The Morgan fingerprint density at radius 1 is 1.18 bits per heavy atom. The topological polar surface area (TPSA) is 94.2 Å². The number of nitrogens with one attached hydrogen (secondary N) is 1. The van der Waals surface area contributed by atoms with Crippen LogP contribution >= 0.6 is 0 Å². The highest BCUT2D eigenvalue weighted by atomic mass is 16.5. The Hall–Kier alpha value is -2.87. The van der Waals surface area contributed by atoms with Gasteiger partial charge in [-0.25, -0.2) is 9.59 Å². The average molecular weight is 390 g/mol. The number of ether oxygens (including phenoxy) is 3. The molecule has 2 rings (SSSR count). The molecule has 1 aromatic carbocycles. The zero-order chi connectivity index (χ0) is 20.8. The summed E-state index contributed by atoms with van der Waals surface area (Å²) >= 11 is 0. The van der Waals surface area contributed by atoms with Gasteiger partial charge in [-0.1, -0.05) is 19.9 Å². The van der Waals surface area contributed by atoms with Crippen LogP contribution in [0.3, 0.4) is 0 Å². The Labute approximate surface area is 164 Å². The molecule has 0 unspecified atom stereocenters. The van der Waals surface area contributed by atoms with Crippen molar-refractivity contribution < 1.29 is 28.6 Å². The summed E-state index contributed by atoms with van der Waals surface area (Å²) in [7, 11) is 2.48. The van der Waals surface area contributed by atoms with Crippen molar-refractivity contribution in [3.63, 3.8) is 0 Å². The average Bonchev–Trinajstić information content (AvgIpc) is 2.67. The third kappa shape index (κ3) is 4.69. The van der Waals surface area contributed by atoms with Crippen LogP contribution < -0.4 is 10.2 Å². The van der Waals surface area contributed by atoms with Crippen molar-refractivity contribution >= 4 is 29.2 Å². The Morgan fingerprint density at radius 3 is 2.46 bits per heavy atom. The van der Waals surface area contributed by atoms with E-state index in [2.05, 4.69) is 5.32 Å². The number of anilines is 2. The molecule has 0 aliphatic carbocycles. The molecule has 0 saturated heterocycles. The van der Waals surface area contributed by atoms with Crippen LogP contribution in [0, 0.1) is 12.8 Å². The van der Waals surface area contributed by atoms with Crippen molar-refractivity contribution in [3.05, 3.63) is 35.0 Å². The lowest BCUT2D eigenvalue weighted by Crippen LogP contribution is -2.39. The lowest BCUT2D eigenvalue weighted by atomic mass is 10.1. The van der Waals surface area contributed by atoms with E-state index in [1.807, 2.05) is 20.8 Å². The molecule has 0 bridgehead atoms. The van der Waals surface area contributed by atoms with Gasteiger partial charge in [-0.3, -0.25) is 4.79 Å². The van der Waals surface area contributed by atoms with Crippen molar-refractivity contribution in [2.24, 2.45) is 5.92 Å². The molecule has 1 heterocycles. The first-order valence-corrected chi connectivity index (χ1v) is 8.94. The molecule has 0 atom stereocenters. The minimum Gasteiger partial charge on any atom is -0.466 e. The van der Waals surface area contributed by atoms with Crippen molar-refractivity contribution in [1.29, 1.82) is 0 Å². The van der Waals surface area contributed by atoms with Gasteiger partial charge < -0.3 is 24.4 Å². The van der Waals surface area contributed by atoms with Gasteiger partial charge in [-0.05, 0) is 30.5 Å². The number of benzene rings is 1. The fourth-order valence-corrected chi connectivity index (χ4v) is 2.96. The molecule has 1 aliphatic heterocycles. The first-order chi connectivity index (χ1) is 13.3. The number of hydrogen-bond acceptors (Lipinski definition) is 7. The maximum atomic E-state index is 12.4. The normalized spacial score (nSPS) is 14.1. The first kappa shape index (κ1) is 21.4.